The molecule has 0 aliphatic rings. The van der Waals surface area contributed by atoms with E-state index in [0.29, 0.717) is 12.2 Å². The maximum atomic E-state index is 12.8. The zero-order valence-electron chi connectivity index (χ0n) is 13.3. The second-order valence-corrected chi connectivity index (χ2v) is 5.85. The van der Waals surface area contributed by atoms with Crippen molar-refractivity contribution in [1.29, 1.82) is 0 Å². The van der Waals surface area contributed by atoms with Crippen LogP contribution in [0.5, 0.6) is 0 Å². The Bertz CT molecular complexity index is 607. The van der Waals surface area contributed by atoms with Gasteiger partial charge in [0.1, 0.15) is 5.69 Å². The van der Waals surface area contributed by atoms with Crippen LogP contribution in [0.15, 0.2) is 36.4 Å². The molecule has 5 heteroatoms. The van der Waals surface area contributed by atoms with Crippen molar-refractivity contribution in [1.82, 2.24) is 15.1 Å². The van der Waals surface area contributed by atoms with Crippen LogP contribution in [0, 0.1) is 12.8 Å². The number of aliphatic hydroxyl groups excluding tert-OH is 1. The third-order valence-corrected chi connectivity index (χ3v) is 3.74. The van der Waals surface area contributed by atoms with Crippen LogP contribution in [0.2, 0.25) is 0 Å². The van der Waals surface area contributed by atoms with Gasteiger partial charge in [-0.3, -0.25) is 9.89 Å². The molecule has 0 spiro atoms. The van der Waals surface area contributed by atoms with Crippen molar-refractivity contribution in [2.75, 3.05) is 6.61 Å². The van der Waals surface area contributed by atoms with Gasteiger partial charge in [0, 0.05) is 12.2 Å². The molecule has 1 aromatic heterocycles. The number of aryl methyl sites for hydroxylation is 1. The Balaban J connectivity index is 2.30. The van der Waals surface area contributed by atoms with Crippen LogP contribution < -0.4 is 0 Å². The summed E-state index contributed by atoms with van der Waals surface area (Å²) in [5, 5.41) is 16.6. The number of hydrogen-bond acceptors (Lipinski definition) is 3. The highest BCUT2D eigenvalue weighted by atomic mass is 16.3. The molecule has 1 aromatic carbocycles. The number of nitrogens with zero attached hydrogens (tertiary/aromatic N) is 2. The number of aliphatic hydroxyl groups is 1. The van der Waals surface area contributed by atoms with Crippen LogP contribution in [-0.2, 0) is 6.54 Å². The summed E-state index contributed by atoms with van der Waals surface area (Å²) in [6, 6.07) is 11.3. The molecule has 0 aliphatic heterocycles. The fourth-order valence-corrected chi connectivity index (χ4v) is 2.46. The molecule has 0 fully saturated rings. The van der Waals surface area contributed by atoms with Gasteiger partial charge < -0.3 is 10.0 Å². The van der Waals surface area contributed by atoms with E-state index in [2.05, 4.69) is 10.2 Å². The second kappa shape index (κ2) is 7.22. The van der Waals surface area contributed by atoms with Crippen molar-refractivity contribution >= 4 is 5.91 Å². The first-order valence-electron chi connectivity index (χ1n) is 7.50. The highest BCUT2D eigenvalue weighted by Crippen LogP contribution is 2.18. The summed E-state index contributed by atoms with van der Waals surface area (Å²) >= 11 is 0. The van der Waals surface area contributed by atoms with Crippen molar-refractivity contribution in [3.05, 3.63) is 53.3 Å². The number of nitrogens with one attached hydrogen (secondary N) is 1. The summed E-state index contributed by atoms with van der Waals surface area (Å²) in [5.74, 6) is -0.0151. The Morgan fingerprint density at radius 3 is 2.50 bits per heavy atom. The van der Waals surface area contributed by atoms with E-state index in [1.54, 1.807) is 11.0 Å². The molecule has 1 amide bonds. The van der Waals surface area contributed by atoms with Gasteiger partial charge in [0.2, 0.25) is 0 Å². The molecule has 22 heavy (non-hydrogen) atoms. The average molecular weight is 301 g/mol. The summed E-state index contributed by atoms with van der Waals surface area (Å²) < 4.78 is 0. The number of carbonyl (C=O) groups is 1. The van der Waals surface area contributed by atoms with Gasteiger partial charge in [-0.15, -0.1) is 0 Å². The lowest BCUT2D eigenvalue weighted by Crippen LogP contribution is -2.45. The largest absolute Gasteiger partial charge is 0.394 e. The normalized spacial score (nSPS) is 12.4. The summed E-state index contributed by atoms with van der Waals surface area (Å²) in [5.41, 5.74) is 2.25. The number of hydrogen-bond donors (Lipinski definition) is 2. The third-order valence-electron chi connectivity index (χ3n) is 3.74. The van der Waals surface area contributed by atoms with Crippen LogP contribution in [0.1, 0.15) is 35.6 Å². The predicted octanol–water partition coefficient (Wildman–Crippen LogP) is 2.38. The molecular weight excluding hydrogens is 278 g/mol. The molecule has 0 aliphatic carbocycles. The molecule has 2 rings (SSSR count). The topological polar surface area (TPSA) is 69.2 Å². The number of H-pyrrole nitrogens is 1. The zero-order valence-corrected chi connectivity index (χ0v) is 13.3. The smallest absolute Gasteiger partial charge is 0.274 e. The molecule has 0 saturated heterocycles. The van der Waals surface area contributed by atoms with E-state index in [4.69, 9.17) is 0 Å². The Labute approximate surface area is 131 Å². The van der Waals surface area contributed by atoms with Crippen LogP contribution in [-0.4, -0.2) is 38.8 Å². The van der Waals surface area contributed by atoms with Crippen LogP contribution >= 0.6 is 0 Å². The lowest BCUT2D eigenvalue weighted by Gasteiger charge is -2.33. The lowest BCUT2D eigenvalue weighted by molar-refractivity contribution is 0.0476. The Hall–Kier alpha value is -2.14. The fourth-order valence-electron chi connectivity index (χ4n) is 2.46. The van der Waals surface area contributed by atoms with E-state index >= 15 is 0 Å². The van der Waals surface area contributed by atoms with Gasteiger partial charge in [-0.1, -0.05) is 44.2 Å². The van der Waals surface area contributed by atoms with Gasteiger partial charge in [0.15, 0.2) is 0 Å². The zero-order chi connectivity index (χ0) is 16.1. The van der Waals surface area contributed by atoms with Crippen molar-refractivity contribution < 1.29 is 9.90 Å². The number of amides is 1. The Morgan fingerprint density at radius 1 is 1.32 bits per heavy atom. The maximum Gasteiger partial charge on any atom is 0.274 e. The van der Waals surface area contributed by atoms with Gasteiger partial charge in [0.05, 0.1) is 12.6 Å². The summed E-state index contributed by atoms with van der Waals surface area (Å²) in [6.45, 7) is 6.25. The van der Waals surface area contributed by atoms with Gasteiger partial charge in [-0.05, 0) is 24.5 Å². The van der Waals surface area contributed by atoms with Crippen molar-refractivity contribution in [2.45, 2.75) is 33.4 Å². The maximum absolute atomic E-state index is 12.8. The number of aromatic amines is 1. The van der Waals surface area contributed by atoms with Crippen LogP contribution in [0.4, 0.5) is 0 Å². The molecule has 5 nitrogen and oxygen atoms in total. The van der Waals surface area contributed by atoms with Gasteiger partial charge in [-0.25, -0.2) is 0 Å². The standard InChI is InChI=1S/C17H23N3O2/c1-12(2)16(11-21)20(10-14-7-5-4-6-8-14)17(22)15-9-13(3)18-19-15/h4-9,12,16,21H,10-11H2,1-3H3,(H,18,19). The van der Waals surface area contributed by atoms with Crippen LogP contribution in [0.25, 0.3) is 0 Å². The minimum absolute atomic E-state index is 0.0698. The molecule has 1 unspecified atom stereocenters. The number of aromatic nitrogens is 2. The SMILES string of the molecule is Cc1cc(C(=O)N(Cc2ccccc2)C(CO)C(C)C)n[nH]1. The molecule has 0 saturated carbocycles. The highest BCUT2D eigenvalue weighted by Gasteiger charge is 2.28. The fraction of sp³-hybridized carbons (Fsp3) is 0.412. The first-order chi connectivity index (χ1) is 10.5. The van der Waals surface area contributed by atoms with E-state index in [1.165, 1.54) is 0 Å². The van der Waals surface area contributed by atoms with Crippen molar-refractivity contribution in [3.8, 4) is 0 Å². The van der Waals surface area contributed by atoms with E-state index in [0.717, 1.165) is 11.3 Å². The minimum Gasteiger partial charge on any atom is -0.394 e. The van der Waals surface area contributed by atoms with E-state index in [9.17, 15) is 9.90 Å². The second-order valence-electron chi connectivity index (χ2n) is 5.85. The van der Waals surface area contributed by atoms with Gasteiger partial charge >= 0.3 is 0 Å². The Morgan fingerprint density at radius 2 is 2.00 bits per heavy atom. The lowest BCUT2D eigenvalue weighted by atomic mass is 10.0. The highest BCUT2D eigenvalue weighted by molar-refractivity contribution is 5.92. The molecule has 0 radical (unpaired) electrons. The molecular formula is C17H23N3O2. The first kappa shape index (κ1) is 16.2. The molecule has 1 atom stereocenters. The third kappa shape index (κ3) is 3.74. The molecule has 2 N–H and O–H groups in total. The molecule has 2 aromatic rings. The summed E-state index contributed by atoms with van der Waals surface area (Å²) in [6.07, 6.45) is 0. The number of rotatable bonds is 6. The minimum atomic E-state index is -0.246. The number of benzene rings is 1. The first-order valence-corrected chi connectivity index (χ1v) is 7.50. The van der Waals surface area contributed by atoms with E-state index in [1.807, 2.05) is 51.1 Å². The van der Waals surface area contributed by atoms with Crippen molar-refractivity contribution in [2.24, 2.45) is 5.92 Å². The molecule has 118 valence electrons. The van der Waals surface area contributed by atoms with Gasteiger partial charge in [-0.2, -0.15) is 5.10 Å². The average Bonchev–Trinajstić information content (AvgIpc) is 2.93. The monoisotopic (exact) mass is 301 g/mol. The summed E-state index contributed by atoms with van der Waals surface area (Å²) in [7, 11) is 0. The Kier molecular flexibility index (Phi) is 5.33. The van der Waals surface area contributed by atoms with E-state index in [-0.39, 0.29) is 24.5 Å². The number of carbonyl (C=O) groups excluding carboxylic acids is 1. The molecule has 0 bridgehead atoms. The predicted molar refractivity (Wildman–Crippen MR) is 85.4 cm³/mol. The van der Waals surface area contributed by atoms with E-state index < -0.39 is 0 Å². The quantitative estimate of drug-likeness (QED) is 0.860. The van der Waals surface area contributed by atoms with Crippen molar-refractivity contribution in [3.63, 3.8) is 0 Å². The van der Waals surface area contributed by atoms with Gasteiger partial charge in [0.25, 0.3) is 5.91 Å². The summed E-state index contributed by atoms with van der Waals surface area (Å²) in [4.78, 5) is 14.5. The van der Waals surface area contributed by atoms with Crippen LogP contribution in [0.3, 0.4) is 0 Å². The molecule has 1 heterocycles.